The Morgan fingerprint density at radius 1 is 1.29 bits per heavy atom. The van der Waals surface area contributed by atoms with Crippen LogP contribution in [0.15, 0.2) is 6.20 Å². The lowest BCUT2D eigenvalue weighted by atomic mass is 9.71. The van der Waals surface area contributed by atoms with Gasteiger partial charge < -0.3 is 9.47 Å². The number of thiazole rings is 1. The monoisotopic (exact) mass is 311 g/mol. The molecule has 0 unspecified atom stereocenters. The lowest BCUT2D eigenvalue weighted by Gasteiger charge is -2.33. The zero-order chi connectivity index (χ0) is 15.5. The van der Waals surface area contributed by atoms with Crippen molar-refractivity contribution in [3.63, 3.8) is 0 Å². The Hall–Kier alpha value is -1.43. The normalized spacial score (nSPS) is 16.0. The van der Waals surface area contributed by atoms with Gasteiger partial charge in [0.05, 0.1) is 19.2 Å². The average Bonchev–Trinajstić information content (AvgIpc) is 3.14. The van der Waals surface area contributed by atoms with Gasteiger partial charge in [0, 0.05) is 17.5 Å². The molecular formula is C15H21NO4S. The van der Waals surface area contributed by atoms with Crippen LogP contribution < -0.4 is 0 Å². The van der Waals surface area contributed by atoms with E-state index in [2.05, 4.69) is 4.98 Å². The Morgan fingerprint density at radius 3 is 2.29 bits per heavy atom. The predicted molar refractivity (Wildman–Crippen MR) is 79.0 cm³/mol. The molecule has 21 heavy (non-hydrogen) atoms. The van der Waals surface area contributed by atoms with Gasteiger partial charge in [0.25, 0.3) is 0 Å². The molecular weight excluding hydrogens is 290 g/mol. The summed E-state index contributed by atoms with van der Waals surface area (Å²) in [7, 11) is 2.65. The van der Waals surface area contributed by atoms with Crippen LogP contribution >= 0.6 is 11.3 Å². The Bertz CT molecular complexity index is 503. The molecule has 0 amide bonds. The van der Waals surface area contributed by atoms with Crippen molar-refractivity contribution in [2.75, 3.05) is 14.2 Å². The minimum absolute atomic E-state index is 0.0280. The first-order valence-corrected chi connectivity index (χ1v) is 7.94. The largest absolute Gasteiger partial charge is 0.468 e. The van der Waals surface area contributed by atoms with Crippen LogP contribution in [0.25, 0.3) is 0 Å². The summed E-state index contributed by atoms with van der Waals surface area (Å²) >= 11 is 1.50. The molecule has 1 aromatic heterocycles. The number of hydrogen-bond acceptors (Lipinski definition) is 6. The maximum atomic E-state index is 12.5. The van der Waals surface area contributed by atoms with Crippen molar-refractivity contribution in [1.82, 2.24) is 4.98 Å². The first kappa shape index (κ1) is 15.9. The van der Waals surface area contributed by atoms with Gasteiger partial charge in [-0.1, -0.05) is 12.8 Å². The Morgan fingerprint density at radius 2 is 1.86 bits per heavy atom. The summed E-state index contributed by atoms with van der Waals surface area (Å²) in [5.74, 6) is -1.01. The number of aryl methyl sites for hydroxylation is 1. The van der Waals surface area contributed by atoms with E-state index in [4.69, 9.17) is 9.47 Å². The second-order valence-electron chi connectivity index (χ2n) is 5.46. The molecule has 1 aromatic rings. The van der Waals surface area contributed by atoms with Crippen LogP contribution in [0.2, 0.25) is 0 Å². The number of esters is 2. The highest BCUT2D eigenvalue weighted by Gasteiger charge is 2.55. The van der Waals surface area contributed by atoms with Crippen molar-refractivity contribution in [2.24, 2.45) is 11.3 Å². The number of ether oxygens (including phenoxy) is 2. The number of hydrogen-bond donors (Lipinski definition) is 0. The van der Waals surface area contributed by atoms with Crippen molar-refractivity contribution < 1.29 is 19.1 Å². The first-order chi connectivity index (χ1) is 10.0. The highest BCUT2D eigenvalue weighted by Crippen LogP contribution is 2.44. The fraction of sp³-hybridized carbons (Fsp3) is 0.667. The van der Waals surface area contributed by atoms with Crippen molar-refractivity contribution >= 4 is 23.3 Å². The van der Waals surface area contributed by atoms with Crippen LogP contribution in [0, 0.1) is 18.3 Å². The molecule has 0 atom stereocenters. The first-order valence-electron chi connectivity index (χ1n) is 7.12. The van der Waals surface area contributed by atoms with E-state index in [1.807, 2.05) is 6.92 Å². The minimum Gasteiger partial charge on any atom is -0.468 e. The van der Waals surface area contributed by atoms with E-state index in [1.54, 1.807) is 6.20 Å². The standard InChI is InChI=1S/C15H21NO4S/c1-10-16-9-12(21-10)8-15(13(17)19-2,14(18)20-3)11-6-4-5-7-11/h9,11H,4-8H2,1-3H3. The smallest absolute Gasteiger partial charge is 0.323 e. The molecule has 0 saturated heterocycles. The number of carbonyl (C=O) groups excluding carboxylic acids is 2. The molecule has 0 bridgehead atoms. The van der Waals surface area contributed by atoms with E-state index in [1.165, 1.54) is 25.6 Å². The molecule has 0 spiro atoms. The quantitative estimate of drug-likeness (QED) is 0.617. The molecule has 0 aliphatic heterocycles. The number of aromatic nitrogens is 1. The Labute approximate surface area is 128 Å². The average molecular weight is 311 g/mol. The summed E-state index contributed by atoms with van der Waals surface area (Å²) in [6.07, 6.45) is 5.80. The summed E-state index contributed by atoms with van der Waals surface area (Å²) in [5.41, 5.74) is -1.24. The van der Waals surface area contributed by atoms with Crippen LogP contribution in [-0.4, -0.2) is 31.1 Å². The molecule has 1 heterocycles. The molecule has 0 aromatic carbocycles. The van der Waals surface area contributed by atoms with Crippen LogP contribution in [0.5, 0.6) is 0 Å². The number of carbonyl (C=O) groups is 2. The Balaban J connectivity index is 2.43. The van der Waals surface area contributed by atoms with Crippen LogP contribution in [0.1, 0.15) is 35.6 Å². The van der Waals surface area contributed by atoms with Crippen molar-refractivity contribution in [3.8, 4) is 0 Å². The Kier molecular flexibility index (Phi) is 4.98. The third kappa shape index (κ3) is 2.95. The van der Waals surface area contributed by atoms with Crippen molar-refractivity contribution in [1.29, 1.82) is 0 Å². The van der Waals surface area contributed by atoms with Crippen LogP contribution in [0.3, 0.4) is 0 Å². The molecule has 116 valence electrons. The zero-order valence-corrected chi connectivity index (χ0v) is 13.5. The van der Waals surface area contributed by atoms with Gasteiger partial charge in [-0.15, -0.1) is 11.3 Å². The fourth-order valence-corrected chi connectivity index (χ4v) is 4.14. The van der Waals surface area contributed by atoms with Crippen molar-refractivity contribution in [3.05, 3.63) is 16.1 Å². The van der Waals surface area contributed by atoms with E-state index >= 15 is 0 Å². The summed E-state index contributed by atoms with van der Waals surface area (Å²) < 4.78 is 9.95. The second-order valence-corrected chi connectivity index (χ2v) is 6.78. The molecule has 1 fully saturated rings. The van der Waals surface area contributed by atoms with E-state index in [0.29, 0.717) is 6.42 Å². The summed E-state index contributed by atoms with van der Waals surface area (Å²) in [6.45, 7) is 1.90. The molecule has 0 N–H and O–H groups in total. The van der Waals surface area contributed by atoms with Gasteiger partial charge in [0.1, 0.15) is 0 Å². The van der Waals surface area contributed by atoms with Gasteiger partial charge in [0.15, 0.2) is 5.41 Å². The minimum atomic E-state index is -1.24. The molecule has 1 saturated carbocycles. The maximum Gasteiger partial charge on any atom is 0.323 e. The van der Waals surface area contributed by atoms with Gasteiger partial charge in [-0.2, -0.15) is 0 Å². The van der Waals surface area contributed by atoms with Gasteiger partial charge >= 0.3 is 11.9 Å². The third-order valence-corrected chi connectivity index (χ3v) is 5.19. The van der Waals surface area contributed by atoms with Gasteiger partial charge in [-0.25, -0.2) is 4.98 Å². The molecule has 0 radical (unpaired) electrons. The van der Waals surface area contributed by atoms with Gasteiger partial charge in [0.2, 0.25) is 0 Å². The summed E-state index contributed by atoms with van der Waals surface area (Å²) in [4.78, 5) is 30.1. The zero-order valence-electron chi connectivity index (χ0n) is 12.7. The van der Waals surface area contributed by atoms with E-state index < -0.39 is 17.4 Å². The SMILES string of the molecule is COC(=O)C(Cc1cnc(C)s1)(C(=O)OC)C1CCCC1. The van der Waals surface area contributed by atoms with E-state index in [9.17, 15) is 9.59 Å². The topological polar surface area (TPSA) is 65.5 Å². The second kappa shape index (κ2) is 6.56. The molecule has 1 aliphatic rings. The van der Waals surface area contributed by atoms with Crippen LogP contribution in [0.4, 0.5) is 0 Å². The van der Waals surface area contributed by atoms with E-state index in [-0.39, 0.29) is 5.92 Å². The molecule has 2 rings (SSSR count). The maximum absolute atomic E-state index is 12.5. The highest BCUT2D eigenvalue weighted by molar-refractivity contribution is 7.11. The highest BCUT2D eigenvalue weighted by atomic mass is 32.1. The number of methoxy groups -OCH3 is 2. The summed E-state index contributed by atoms with van der Waals surface area (Å²) in [5, 5.41) is 0.917. The third-order valence-electron chi connectivity index (χ3n) is 4.27. The summed E-state index contributed by atoms with van der Waals surface area (Å²) in [6, 6.07) is 0. The lowest BCUT2D eigenvalue weighted by molar-refractivity contribution is -0.173. The van der Waals surface area contributed by atoms with E-state index in [0.717, 1.165) is 35.6 Å². The fourth-order valence-electron chi connectivity index (χ4n) is 3.25. The number of rotatable bonds is 5. The molecule has 6 heteroatoms. The predicted octanol–water partition coefficient (Wildman–Crippen LogP) is 2.52. The molecule has 1 aliphatic carbocycles. The number of nitrogens with zero attached hydrogens (tertiary/aromatic N) is 1. The lowest BCUT2D eigenvalue weighted by Crippen LogP contribution is -2.48. The van der Waals surface area contributed by atoms with Crippen LogP contribution in [-0.2, 0) is 25.5 Å². The van der Waals surface area contributed by atoms with Gasteiger partial charge in [-0.3, -0.25) is 9.59 Å². The molecule has 5 nitrogen and oxygen atoms in total. The van der Waals surface area contributed by atoms with Gasteiger partial charge in [-0.05, 0) is 25.7 Å². The van der Waals surface area contributed by atoms with Crippen molar-refractivity contribution in [2.45, 2.75) is 39.0 Å².